The van der Waals surface area contributed by atoms with Crippen LogP contribution in [0, 0.1) is 6.20 Å². The second-order valence-electron chi connectivity index (χ2n) is 4.17. The van der Waals surface area contributed by atoms with Gasteiger partial charge in [-0.15, -0.1) is 0 Å². The molecule has 0 fully saturated rings. The minimum Gasteiger partial charge on any atom is -0.231 e. The predicted molar refractivity (Wildman–Crippen MR) is 82.9 cm³/mol. The molecule has 3 aromatic rings. The summed E-state index contributed by atoms with van der Waals surface area (Å²) < 4.78 is 1.72. The zero-order chi connectivity index (χ0) is 14.1. The third kappa shape index (κ3) is 2.55. The third-order valence-corrected chi connectivity index (χ3v) is 3.65. The lowest BCUT2D eigenvalue weighted by Crippen LogP contribution is -1.99. The summed E-state index contributed by atoms with van der Waals surface area (Å²) in [7, 11) is 0. The van der Waals surface area contributed by atoms with Crippen molar-refractivity contribution >= 4 is 34.8 Å². The Kier molecular flexibility index (Phi) is 3.70. The molecule has 0 amide bonds. The lowest BCUT2D eigenvalue weighted by Gasteiger charge is -2.09. The van der Waals surface area contributed by atoms with Crippen LogP contribution in [-0.2, 0) is 0 Å². The van der Waals surface area contributed by atoms with Gasteiger partial charge in [-0.1, -0.05) is 46.9 Å². The zero-order valence-corrected chi connectivity index (χ0v) is 12.4. The summed E-state index contributed by atoms with van der Waals surface area (Å²) in [6.07, 6.45) is 2.84. The number of aromatic nitrogens is 2. The van der Waals surface area contributed by atoms with E-state index in [1.54, 1.807) is 22.9 Å². The van der Waals surface area contributed by atoms with Crippen LogP contribution in [0.25, 0.3) is 16.9 Å². The van der Waals surface area contributed by atoms with Gasteiger partial charge in [0.05, 0.1) is 16.4 Å². The minimum absolute atomic E-state index is 0.532. The summed E-state index contributed by atoms with van der Waals surface area (Å²) >= 11 is 18.0. The first-order chi connectivity index (χ1) is 9.65. The van der Waals surface area contributed by atoms with E-state index >= 15 is 0 Å². The molecule has 0 atom stereocenters. The summed E-state index contributed by atoms with van der Waals surface area (Å²) in [6, 6.07) is 14.6. The summed E-state index contributed by atoms with van der Waals surface area (Å²) in [6.45, 7) is 0. The van der Waals surface area contributed by atoms with E-state index in [1.165, 1.54) is 0 Å². The van der Waals surface area contributed by atoms with Crippen molar-refractivity contribution in [3.8, 4) is 16.9 Å². The first kappa shape index (κ1) is 13.5. The van der Waals surface area contributed by atoms with E-state index in [4.69, 9.17) is 34.8 Å². The van der Waals surface area contributed by atoms with Gasteiger partial charge in [0.15, 0.2) is 0 Å². The molecule has 99 valence electrons. The quantitative estimate of drug-likeness (QED) is 0.626. The highest BCUT2D eigenvalue weighted by Gasteiger charge is 2.11. The van der Waals surface area contributed by atoms with Crippen molar-refractivity contribution < 1.29 is 0 Å². The molecule has 1 heterocycles. The number of benzene rings is 2. The Hall–Kier alpha value is -1.48. The van der Waals surface area contributed by atoms with Crippen LogP contribution >= 0.6 is 34.8 Å². The van der Waals surface area contributed by atoms with Crippen LogP contribution in [0.15, 0.2) is 48.5 Å². The molecule has 0 aliphatic rings. The van der Waals surface area contributed by atoms with Crippen LogP contribution in [0.5, 0.6) is 0 Å². The average Bonchev–Trinajstić information content (AvgIpc) is 2.88. The van der Waals surface area contributed by atoms with Crippen molar-refractivity contribution in [2.45, 2.75) is 0 Å². The van der Waals surface area contributed by atoms with E-state index in [1.807, 2.05) is 30.3 Å². The maximum absolute atomic E-state index is 6.23. The Morgan fingerprint density at radius 1 is 0.900 bits per heavy atom. The van der Waals surface area contributed by atoms with Crippen LogP contribution in [0.2, 0.25) is 15.1 Å². The molecular weight excluding hydrogens is 315 g/mol. The van der Waals surface area contributed by atoms with Crippen LogP contribution < -0.4 is 0 Å². The van der Waals surface area contributed by atoms with Crippen LogP contribution in [0.1, 0.15) is 0 Å². The monoisotopic (exact) mass is 321 g/mol. The fourth-order valence-corrected chi connectivity index (χ4v) is 2.54. The van der Waals surface area contributed by atoms with Crippen molar-refractivity contribution in [1.29, 1.82) is 0 Å². The van der Waals surface area contributed by atoms with Crippen molar-refractivity contribution in [3.05, 3.63) is 69.8 Å². The second-order valence-corrected chi connectivity index (χ2v) is 5.45. The summed E-state index contributed by atoms with van der Waals surface area (Å²) in [5, 5.41) is 6.01. The van der Waals surface area contributed by atoms with Crippen LogP contribution in [0.4, 0.5) is 0 Å². The predicted octanol–water partition coefficient (Wildman–Crippen LogP) is 5.30. The normalized spacial score (nSPS) is 10.8. The molecule has 0 bridgehead atoms. The fourth-order valence-electron chi connectivity index (χ4n) is 1.93. The number of hydrogen-bond acceptors (Lipinski definition) is 1. The van der Waals surface area contributed by atoms with Gasteiger partial charge in [0, 0.05) is 15.6 Å². The highest BCUT2D eigenvalue weighted by Crippen LogP contribution is 2.29. The molecule has 0 spiro atoms. The summed E-state index contributed by atoms with van der Waals surface area (Å²) in [5.74, 6) is 0. The van der Waals surface area contributed by atoms with E-state index in [0.717, 1.165) is 16.9 Å². The Morgan fingerprint density at radius 3 is 2.30 bits per heavy atom. The Labute approximate surface area is 131 Å². The molecule has 5 heteroatoms. The molecule has 0 unspecified atom stereocenters. The van der Waals surface area contributed by atoms with Gasteiger partial charge in [-0.2, -0.15) is 5.10 Å². The van der Waals surface area contributed by atoms with Gasteiger partial charge >= 0.3 is 0 Å². The average molecular weight is 323 g/mol. The number of halogens is 3. The second kappa shape index (κ2) is 5.49. The molecule has 1 radical (unpaired) electrons. The van der Waals surface area contributed by atoms with Crippen LogP contribution in [-0.4, -0.2) is 9.78 Å². The number of rotatable bonds is 2. The van der Waals surface area contributed by atoms with E-state index in [-0.39, 0.29) is 0 Å². The first-order valence-corrected chi connectivity index (χ1v) is 6.96. The van der Waals surface area contributed by atoms with Crippen molar-refractivity contribution in [2.24, 2.45) is 0 Å². The topological polar surface area (TPSA) is 17.8 Å². The molecule has 0 N–H and O–H groups in total. The molecule has 1 aromatic heterocycles. The summed E-state index contributed by atoms with van der Waals surface area (Å²) in [5.41, 5.74) is 2.61. The largest absolute Gasteiger partial charge is 0.231 e. The maximum Gasteiger partial charge on any atom is 0.114 e. The van der Waals surface area contributed by atoms with Crippen molar-refractivity contribution in [3.63, 3.8) is 0 Å². The number of nitrogens with zero attached hydrogens (tertiary/aromatic N) is 2. The van der Waals surface area contributed by atoms with Crippen LogP contribution in [0.3, 0.4) is 0 Å². The first-order valence-electron chi connectivity index (χ1n) is 5.82. The van der Waals surface area contributed by atoms with Gasteiger partial charge in [0.2, 0.25) is 0 Å². The maximum atomic E-state index is 6.23. The summed E-state index contributed by atoms with van der Waals surface area (Å²) in [4.78, 5) is 0. The smallest absolute Gasteiger partial charge is 0.114 e. The van der Waals surface area contributed by atoms with Gasteiger partial charge < -0.3 is 0 Å². The highest BCUT2D eigenvalue weighted by molar-refractivity contribution is 6.35. The number of hydrogen-bond donors (Lipinski definition) is 0. The standard InChI is InChI=1S/C15H8Cl3N2/c16-11-3-1-10(2-4-11)14-7-8-19-20(14)15-6-5-12(17)9-13(15)18/h1-7,9H. The lowest BCUT2D eigenvalue weighted by atomic mass is 10.1. The molecule has 0 saturated carbocycles. The SMILES string of the molecule is Clc1ccc(-c2c[c]nn2-c2ccc(Cl)cc2Cl)cc1. The Morgan fingerprint density at radius 2 is 1.60 bits per heavy atom. The van der Waals surface area contributed by atoms with Gasteiger partial charge in [0.1, 0.15) is 6.20 Å². The molecule has 2 nitrogen and oxygen atoms in total. The van der Waals surface area contributed by atoms with Crippen molar-refractivity contribution in [1.82, 2.24) is 9.78 Å². The fraction of sp³-hybridized carbons (Fsp3) is 0. The van der Waals surface area contributed by atoms with E-state index in [2.05, 4.69) is 11.3 Å². The van der Waals surface area contributed by atoms with Crippen molar-refractivity contribution in [2.75, 3.05) is 0 Å². The molecule has 20 heavy (non-hydrogen) atoms. The minimum atomic E-state index is 0.532. The lowest BCUT2D eigenvalue weighted by molar-refractivity contribution is 0.885. The van der Waals surface area contributed by atoms with Gasteiger partial charge in [-0.05, 0) is 36.4 Å². The third-order valence-electron chi connectivity index (χ3n) is 2.87. The Bertz CT molecular complexity index is 748. The molecule has 0 aliphatic heterocycles. The van der Waals surface area contributed by atoms with Gasteiger partial charge in [-0.25, -0.2) is 4.68 Å². The van der Waals surface area contributed by atoms with E-state index < -0.39 is 0 Å². The van der Waals surface area contributed by atoms with E-state index in [9.17, 15) is 0 Å². The zero-order valence-electron chi connectivity index (χ0n) is 10.1. The molecule has 3 rings (SSSR count). The highest BCUT2D eigenvalue weighted by atomic mass is 35.5. The molecule has 2 aromatic carbocycles. The van der Waals surface area contributed by atoms with Gasteiger partial charge in [-0.3, -0.25) is 0 Å². The van der Waals surface area contributed by atoms with Gasteiger partial charge in [0.25, 0.3) is 0 Å². The molecule has 0 aliphatic carbocycles. The molecule has 0 saturated heterocycles. The Balaban J connectivity index is 2.12. The molecular formula is C15H8Cl3N2. The van der Waals surface area contributed by atoms with E-state index in [0.29, 0.717) is 15.1 Å².